The number of aromatic nitrogens is 2. The van der Waals surface area contributed by atoms with Crippen molar-refractivity contribution in [1.82, 2.24) is 15.3 Å². The first-order valence-electron chi connectivity index (χ1n) is 7.69. The minimum atomic E-state index is 0.315. The summed E-state index contributed by atoms with van der Waals surface area (Å²) < 4.78 is 0. The van der Waals surface area contributed by atoms with Crippen molar-refractivity contribution in [2.45, 2.75) is 72.4 Å². The third kappa shape index (κ3) is 3.92. The second-order valence-electron chi connectivity index (χ2n) is 6.77. The van der Waals surface area contributed by atoms with Gasteiger partial charge in [-0.15, -0.1) is 0 Å². The van der Waals surface area contributed by atoms with E-state index in [0.29, 0.717) is 23.2 Å². The summed E-state index contributed by atoms with van der Waals surface area (Å²) in [5.74, 6) is 0.830. The van der Waals surface area contributed by atoms with Crippen LogP contribution in [-0.2, 0) is 19.4 Å². The van der Waals surface area contributed by atoms with Crippen LogP contribution in [0, 0.1) is 5.41 Å². The predicted molar refractivity (Wildman–Crippen MR) is 84.1 cm³/mol. The molecule has 112 valence electrons. The van der Waals surface area contributed by atoms with Crippen molar-refractivity contribution >= 4 is 11.6 Å². The number of fused-ring (bicyclic) bond motifs is 1. The van der Waals surface area contributed by atoms with E-state index in [1.54, 1.807) is 0 Å². The number of aryl methyl sites for hydroxylation is 1. The summed E-state index contributed by atoms with van der Waals surface area (Å²) in [5, 5.41) is 4.12. The van der Waals surface area contributed by atoms with Gasteiger partial charge in [-0.1, -0.05) is 38.8 Å². The Morgan fingerprint density at radius 1 is 1.35 bits per heavy atom. The zero-order chi connectivity index (χ0) is 14.8. The molecule has 0 amide bonds. The van der Waals surface area contributed by atoms with E-state index in [1.165, 1.54) is 19.3 Å². The summed E-state index contributed by atoms with van der Waals surface area (Å²) in [5.41, 5.74) is 2.63. The molecular formula is C16H26ClN3. The molecule has 3 nitrogen and oxygen atoms in total. The Labute approximate surface area is 127 Å². The van der Waals surface area contributed by atoms with Crippen molar-refractivity contribution in [3.8, 4) is 0 Å². The molecular weight excluding hydrogens is 270 g/mol. The van der Waals surface area contributed by atoms with Crippen LogP contribution >= 0.6 is 11.6 Å². The van der Waals surface area contributed by atoms with Crippen LogP contribution in [0.2, 0.25) is 5.15 Å². The molecule has 0 bridgehead atoms. The Balaban J connectivity index is 2.09. The van der Waals surface area contributed by atoms with Gasteiger partial charge in [-0.2, -0.15) is 0 Å². The van der Waals surface area contributed by atoms with E-state index in [2.05, 4.69) is 38.0 Å². The van der Waals surface area contributed by atoms with Crippen molar-refractivity contribution in [2.24, 2.45) is 5.41 Å². The van der Waals surface area contributed by atoms with Gasteiger partial charge < -0.3 is 5.32 Å². The molecule has 20 heavy (non-hydrogen) atoms. The van der Waals surface area contributed by atoms with Gasteiger partial charge >= 0.3 is 0 Å². The quantitative estimate of drug-likeness (QED) is 0.837. The molecule has 0 saturated carbocycles. The Hall–Kier alpha value is -0.670. The molecule has 0 radical (unpaired) electrons. The summed E-state index contributed by atoms with van der Waals surface area (Å²) in [6, 6.07) is 0.498. The fourth-order valence-corrected chi connectivity index (χ4v) is 3.11. The first kappa shape index (κ1) is 15.7. The van der Waals surface area contributed by atoms with Crippen LogP contribution in [0.15, 0.2) is 0 Å². The van der Waals surface area contributed by atoms with E-state index in [0.717, 1.165) is 29.9 Å². The Bertz CT molecular complexity index is 471. The van der Waals surface area contributed by atoms with Crippen molar-refractivity contribution < 1.29 is 0 Å². The van der Waals surface area contributed by atoms with E-state index >= 15 is 0 Å². The highest BCUT2D eigenvalue weighted by atomic mass is 35.5. The summed E-state index contributed by atoms with van der Waals surface area (Å²) in [6.07, 6.45) is 5.54. The minimum absolute atomic E-state index is 0.315. The average molecular weight is 296 g/mol. The van der Waals surface area contributed by atoms with E-state index in [1.807, 2.05) is 0 Å². The molecule has 1 unspecified atom stereocenters. The molecule has 0 fully saturated rings. The fourth-order valence-electron chi connectivity index (χ4n) is 2.83. The monoisotopic (exact) mass is 295 g/mol. The lowest BCUT2D eigenvalue weighted by Crippen LogP contribution is -2.28. The van der Waals surface area contributed by atoms with Crippen LogP contribution in [0.5, 0.6) is 0 Å². The van der Waals surface area contributed by atoms with Crippen LogP contribution in [0.1, 0.15) is 64.0 Å². The molecule has 1 aromatic rings. The maximum Gasteiger partial charge on any atom is 0.144 e. The molecule has 2 rings (SSSR count). The van der Waals surface area contributed by atoms with Crippen molar-refractivity contribution in [2.75, 3.05) is 0 Å². The maximum atomic E-state index is 6.37. The Kier molecular flexibility index (Phi) is 5.03. The highest BCUT2D eigenvalue weighted by molar-refractivity contribution is 6.30. The third-order valence-corrected chi connectivity index (χ3v) is 4.43. The SMILES string of the molecule is CCCC(C)NCc1nc(Cl)c2c(n1)CCC(C)(C)C2. The predicted octanol–water partition coefficient (Wildman–Crippen LogP) is 3.92. The van der Waals surface area contributed by atoms with Gasteiger partial charge in [-0.05, 0) is 38.0 Å². The molecule has 0 saturated heterocycles. The summed E-state index contributed by atoms with van der Waals surface area (Å²) in [6.45, 7) is 9.68. The van der Waals surface area contributed by atoms with Gasteiger partial charge in [-0.25, -0.2) is 9.97 Å². The highest BCUT2D eigenvalue weighted by Gasteiger charge is 2.28. The summed E-state index contributed by atoms with van der Waals surface area (Å²) in [4.78, 5) is 9.19. The van der Waals surface area contributed by atoms with Crippen molar-refractivity contribution in [1.29, 1.82) is 0 Å². The Morgan fingerprint density at radius 3 is 2.80 bits per heavy atom. The first-order valence-corrected chi connectivity index (χ1v) is 8.06. The normalized spacial score (nSPS) is 18.6. The lowest BCUT2D eigenvalue weighted by atomic mass is 9.76. The van der Waals surface area contributed by atoms with Crippen LogP contribution in [0.3, 0.4) is 0 Å². The Morgan fingerprint density at radius 2 is 2.10 bits per heavy atom. The topological polar surface area (TPSA) is 37.8 Å². The van der Waals surface area contributed by atoms with E-state index in [9.17, 15) is 0 Å². The van der Waals surface area contributed by atoms with E-state index in [4.69, 9.17) is 16.6 Å². The van der Waals surface area contributed by atoms with Gasteiger partial charge in [-0.3, -0.25) is 0 Å². The lowest BCUT2D eigenvalue weighted by molar-refractivity contribution is 0.311. The number of rotatable bonds is 5. The van der Waals surface area contributed by atoms with Crippen LogP contribution in [-0.4, -0.2) is 16.0 Å². The molecule has 0 spiro atoms. The smallest absolute Gasteiger partial charge is 0.144 e. The highest BCUT2D eigenvalue weighted by Crippen LogP contribution is 2.36. The zero-order valence-corrected chi connectivity index (χ0v) is 13.8. The van der Waals surface area contributed by atoms with E-state index < -0.39 is 0 Å². The lowest BCUT2D eigenvalue weighted by Gasteiger charge is -2.31. The summed E-state index contributed by atoms with van der Waals surface area (Å²) >= 11 is 6.37. The number of hydrogen-bond donors (Lipinski definition) is 1. The molecule has 1 heterocycles. The number of nitrogens with zero attached hydrogens (tertiary/aromatic N) is 2. The standard InChI is InChI=1S/C16H26ClN3/c1-5-6-11(2)18-10-14-19-13-7-8-16(3,4)9-12(13)15(17)20-14/h11,18H,5-10H2,1-4H3. The largest absolute Gasteiger partial charge is 0.307 e. The minimum Gasteiger partial charge on any atom is -0.307 e. The van der Waals surface area contributed by atoms with Gasteiger partial charge in [0, 0.05) is 17.3 Å². The second-order valence-corrected chi connectivity index (χ2v) is 7.13. The van der Waals surface area contributed by atoms with Gasteiger partial charge in [0.15, 0.2) is 0 Å². The molecule has 0 aliphatic heterocycles. The molecule has 1 aliphatic carbocycles. The van der Waals surface area contributed by atoms with Gasteiger partial charge in [0.1, 0.15) is 11.0 Å². The number of nitrogens with one attached hydrogen (secondary N) is 1. The summed E-state index contributed by atoms with van der Waals surface area (Å²) in [7, 11) is 0. The molecule has 1 aromatic heterocycles. The van der Waals surface area contributed by atoms with E-state index in [-0.39, 0.29) is 0 Å². The number of hydrogen-bond acceptors (Lipinski definition) is 3. The zero-order valence-electron chi connectivity index (χ0n) is 13.1. The second kappa shape index (κ2) is 6.40. The molecule has 1 aliphatic rings. The van der Waals surface area contributed by atoms with Crippen LogP contribution in [0.25, 0.3) is 0 Å². The molecule has 4 heteroatoms. The van der Waals surface area contributed by atoms with Gasteiger partial charge in [0.25, 0.3) is 0 Å². The molecule has 1 atom stereocenters. The fraction of sp³-hybridized carbons (Fsp3) is 0.750. The first-order chi connectivity index (χ1) is 9.41. The van der Waals surface area contributed by atoms with Gasteiger partial charge in [0.2, 0.25) is 0 Å². The third-order valence-electron chi connectivity index (χ3n) is 4.11. The van der Waals surface area contributed by atoms with Crippen LogP contribution < -0.4 is 5.32 Å². The van der Waals surface area contributed by atoms with Crippen molar-refractivity contribution in [3.05, 3.63) is 22.2 Å². The molecule has 1 N–H and O–H groups in total. The van der Waals surface area contributed by atoms with Crippen molar-refractivity contribution in [3.63, 3.8) is 0 Å². The molecule has 0 aromatic carbocycles. The van der Waals surface area contributed by atoms with Gasteiger partial charge in [0.05, 0.1) is 6.54 Å². The average Bonchev–Trinajstić information content (AvgIpc) is 2.37. The van der Waals surface area contributed by atoms with Crippen LogP contribution in [0.4, 0.5) is 0 Å². The number of halogens is 1. The maximum absolute atomic E-state index is 6.37.